The highest BCUT2D eigenvalue weighted by Gasteiger charge is 2.18. The Labute approximate surface area is 142 Å². The van der Waals surface area contributed by atoms with Crippen LogP contribution in [-0.4, -0.2) is 24.8 Å². The van der Waals surface area contributed by atoms with Gasteiger partial charge in [-0.3, -0.25) is 10.1 Å². The van der Waals surface area contributed by atoms with Crippen molar-refractivity contribution in [1.29, 1.82) is 0 Å². The molecule has 2 rings (SSSR count). The summed E-state index contributed by atoms with van der Waals surface area (Å²) in [6.45, 7) is 3.08. The average molecular weight is 329 g/mol. The Morgan fingerprint density at radius 2 is 1.92 bits per heavy atom. The highest BCUT2D eigenvalue weighted by atomic mass is 16.5. The maximum atomic E-state index is 11.5. The summed E-state index contributed by atoms with van der Waals surface area (Å²) in [5.74, 6) is 0.436. The molecule has 0 fully saturated rings. The van der Waals surface area contributed by atoms with Gasteiger partial charge in [-0.2, -0.15) is 0 Å². The number of rotatable bonds is 9. The number of carbonyl (C=O) groups is 1. The molecule has 5 heteroatoms. The summed E-state index contributed by atoms with van der Waals surface area (Å²) in [6.07, 6.45) is 0.920. The van der Waals surface area contributed by atoms with Gasteiger partial charge in [0.05, 0.1) is 13.7 Å². The van der Waals surface area contributed by atoms with Gasteiger partial charge in [0.1, 0.15) is 6.04 Å². The lowest BCUT2D eigenvalue weighted by atomic mass is 10.1. The Morgan fingerprint density at radius 3 is 2.54 bits per heavy atom. The summed E-state index contributed by atoms with van der Waals surface area (Å²) in [5, 5.41) is 12.5. The lowest BCUT2D eigenvalue weighted by molar-refractivity contribution is -0.139. The van der Waals surface area contributed by atoms with Gasteiger partial charge in [0.25, 0.3) is 0 Å². The Bertz CT molecular complexity index is 658. The molecule has 0 aromatic heterocycles. The fraction of sp³-hybridized carbons (Fsp3) is 0.316. The quantitative estimate of drug-likeness (QED) is 0.738. The van der Waals surface area contributed by atoms with Gasteiger partial charge in [0.15, 0.2) is 11.5 Å². The van der Waals surface area contributed by atoms with E-state index in [-0.39, 0.29) is 0 Å². The van der Waals surface area contributed by atoms with Crippen LogP contribution in [0.25, 0.3) is 0 Å². The van der Waals surface area contributed by atoms with E-state index in [4.69, 9.17) is 9.47 Å². The number of methoxy groups -OCH3 is 1. The van der Waals surface area contributed by atoms with Crippen LogP contribution in [0.5, 0.6) is 11.5 Å². The van der Waals surface area contributed by atoms with Crippen LogP contribution >= 0.6 is 0 Å². The van der Waals surface area contributed by atoms with E-state index in [1.54, 1.807) is 19.2 Å². The van der Waals surface area contributed by atoms with Crippen LogP contribution in [0.4, 0.5) is 0 Å². The lowest BCUT2D eigenvalue weighted by Crippen LogP contribution is -2.28. The minimum absolute atomic E-state index is 0.413. The highest BCUT2D eigenvalue weighted by Crippen LogP contribution is 2.28. The van der Waals surface area contributed by atoms with Crippen molar-refractivity contribution in [3.05, 3.63) is 59.7 Å². The number of nitrogens with one attached hydrogen (secondary N) is 1. The maximum absolute atomic E-state index is 11.5. The van der Waals surface area contributed by atoms with E-state index in [9.17, 15) is 9.90 Å². The van der Waals surface area contributed by atoms with Gasteiger partial charge in [-0.05, 0) is 29.7 Å². The highest BCUT2D eigenvalue weighted by molar-refractivity contribution is 5.75. The molecule has 2 aromatic rings. The molecular formula is C19H23NO4. The molecule has 2 N–H and O–H groups in total. The molecule has 0 aliphatic carbocycles. The van der Waals surface area contributed by atoms with Gasteiger partial charge in [-0.15, -0.1) is 0 Å². The Morgan fingerprint density at radius 1 is 1.17 bits per heavy atom. The number of ether oxygens (including phenoxy) is 2. The van der Waals surface area contributed by atoms with E-state index in [2.05, 4.69) is 5.32 Å². The molecule has 0 saturated heterocycles. The molecule has 0 amide bonds. The topological polar surface area (TPSA) is 67.8 Å². The van der Waals surface area contributed by atoms with Gasteiger partial charge >= 0.3 is 5.97 Å². The molecule has 0 aliphatic rings. The van der Waals surface area contributed by atoms with Crippen molar-refractivity contribution in [3.8, 4) is 11.5 Å². The summed E-state index contributed by atoms with van der Waals surface area (Å²) in [4.78, 5) is 11.5. The van der Waals surface area contributed by atoms with E-state index >= 15 is 0 Å². The third-order valence-electron chi connectivity index (χ3n) is 3.58. The largest absolute Gasteiger partial charge is 0.493 e. The molecule has 128 valence electrons. The summed E-state index contributed by atoms with van der Waals surface area (Å²) in [5.41, 5.74) is 1.65. The van der Waals surface area contributed by atoms with Crippen LogP contribution < -0.4 is 14.8 Å². The van der Waals surface area contributed by atoms with Crippen LogP contribution in [0.2, 0.25) is 0 Å². The van der Waals surface area contributed by atoms with E-state index in [1.165, 1.54) is 0 Å². The number of carboxylic acids is 1. The lowest BCUT2D eigenvalue weighted by Gasteiger charge is -2.16. The first kappa shape index (κ1) is 17.8. The van der Waals surface area contributed by atoms with Crippen molar-refractivity contribution < 1.29 is 19.4 Å². The van der Waals surface area contributed by atoms with Crippen LogP contribution in [0.15, 0.2) is 48.5 Å². The summed E-state index contributed by atoms with van der Waals surface area (Å²) < 4.78 is 11.0. The maximum Gasteiger partial charge on any atom is 0.325 e. The van der Waals surface area contributed by atoms with Crippen molar-refractivity contribution in [2.45, 2.75) is 25.9 Å². The van der Waals surface area contributed by atoms with Gasteiger partial charge in [-0.1, -0.05) is 43.3 Å². The van der Waals surface area contributed by atoms with Crippen molar-refractivity contribution in [2.24, 2.45) is 0 Å². The average Bonchev–Trinajstić information content (AvgIpc) is 2.61. The van der Waals surface area contributed by atoms with Crippen LogP contribution in [0, 0.1) is 0 Å². The zero-order valence-corrected chi connectivity index (χ0v) is 14.0. The summed E-state index contributed by atoms with van der Waals surface area (Å²) >= 11 is 0. The van der Waals surface area contributed by atoms with E-state index in [1.807, 2.05) is 43.3 Å². The van der Waals surface area contributed by atoms with Crippen LogP contribution in [-0.2, 0) is 11.3 Å². The first-order valence-electron chi connectivity index (χ1n) is 7.96. The molecule has 0 radical (unpaired) electrons. The molecule has 0 spiro atoms. The van der Waals surface area contributed by atoms with E-state index in [0.717, 1.165) is 17.5 Å². The zero-order valence-electron chi connectivity index (χ0n) is 14.0. The predicted octanol–water partition coefficient (Wildman–Crippen LogP) is 3.40. The molecule has 0 aliphatic heterocycles. The molecule has 5 nitrogen and oxygen atoms in total. The fourth-order valence-electron chi connectivity index (χ4n) is 2.37. The SMILES string of the molecule is CCCOc1ccc(CN[C@@H](C(=O)O)c2ccccc2)cc1OC. The summed E-state index contributed by atoms with van der Waals surface area (Å²) in [7, 11) is 1.59. The van der Waals surface area contributed by atoms with E-state index in [0.29, 0.717) is 24.7 Å². The standard InChI is InChI=1S/C19H23NO4/c1-3-11-24-16-10-9-14(12-17(16)23-2)13-20-18(19(21)22)15-7-5-4-6-8-15/h4-10,12,18,20H,3,11,13H2,1-2H3,(H,21,22)/t18-/m1/s1. The number of aliphatic carboxylic acids is 1. The van der Waals surface area contributed by atoms with Gasteiger partial charge in [-0.25, -0.2) is 0 Å². The minimum atomic E-state index is -0.906. The third-order valence-corrected chi connectivity index (χ3v) is 3.58. The second kappa shape index (κ2) is 8.93. The molecule has 0 heterocycles. The van der Waals surface area contributed by atoms with Crippen molar-refractivity contribution in [1.82, 2.24) is 5.32 Å². The number of carboxylic acid groups (broad SMARTS) is 1. The predicted molar refractivity (Wildman–Crippen MR) is 92.4 cm³/mol. The fourth-order valence-corrected chi connectivity index (χ4v) is 2.37. The van der Waals surface area contributed by atoms with Gasteiger partial charge in [0, 0.05) is 6.54 Å². The minimum Gasteiger partial charge on any atom is -0.493 e. The second-order valence-corrected chi connectivity index (χ2v) is 5.40. The summed E-state index contributed by atoms with van der Waals surface area (Å²) in [6, 6.07) is 14.0. The van der Waals surface area contributed by atoms with Gasteiger partial charge < -0.3 is 14.6 Å². The Balaban J connectivity index is 2.08. The third kappa shape index (κ3) is 4.73. The molecule has 2 aromatic carbocycles. The molecule has 0 bridgehead atoms. The second-order valence-electron chi connectivity index (χ2n) is 5.40. The first-order valence-corrected chi connectivity index (χ1v) is 7.96. The number of hydrogen-bond acceptors (Lipinski definition) is 4. The first-order chi connectivity index (χ1) is 11.7. The molecule has 1 atom stereocenters. The van der Waals surface area contributed by atoms with Crippen LogP contribution in [0.1, 0.15) is 30.5 Å². The molecular weight excluding hydrogens is 306 g/mol. The Kier molecular flexibility index (Phi) is 6.63. The number of benzene rings is 2. The molecule has 24 heavy (non-hydrogen) atoms. The zero-order chi connectivity index (χ0) is 17.4. The van der Waals surface area contributed by atoms with Crippen molar-refractivity contribution in [2.75, 3.05) is 13.7 Å². The van der Waals surface area contributed by atoms with E-state index < -0.39 is 12.0 Å². The smallest absolute Gasteiger partial charge is 0.325 e. The normalized spacial score (nSPS) is 11.8. The molecule has 0 saturated carbocycles. The molecule has 0 unspecified atom stereocenters. The number of hydrogen-bond donors (Lipinski definition) is 2. The van der Waals surface area contributed by atoms with Gasteiger partial charge in [0.2, 0.25) is 0 Å². The Hall–Kier alpha value is -2.53. The monoisotopic (exact) mass is 329 g/mol. The van der Waals surface area contributed by atoms with Crippen LogP contribution in [0.3, 0.4) is 0 Å². The van der Waals surface area contributed by atoms with Crippen molar-refractivity contribution in [3.63, 3.8) is 0 Å². The van der Waals surface area contributed by atoms with Crippen molar-refractivity contribution >= 4 is 5.97 Å².